The molecule has 2 heteroatoms. The Bertz CT molecular complexity index is 134. The second-order valence-corrected chi connectivity index (χ2v) is 3.54. The lowest BCUT2D eigenvalue weighted by atomic mass is 9.76. The Hall–Kier alpha value is -0.530. The molecule has 0 aromatic carbocycles. The van der Waals surface area contributed by atoms with Crippen LogP contribution < -0.4 is 0 Å². The Morgan fingerprint density at radius 3 is 1.82 bits per heavy atom. The first-order valence-electron chi connectivity index (χ1n) is 4.20. The van der Waals surface area contributed by atoms with Crippen LogP contribution in [-0.2, 0) is 4.79 Å². The molecule has 0 aliphatic rings. The van der Waals surface area contributed by atoms with Crippen LogP contribution in [0.5, 0.6) is 0 Å². The third-order valence-corrected chi connectivity index (χ3v) is 2.56. The second-order valence-electron chi connectivity index (χ2n) is 3.54. The summed E-state index contributed by atoms with van der Waals surface area (Å²) in [7, 11) is 0. The predicted octanol–water partition coefficient (Wildman–Crippen LogP) is 2.53. The zero-order valence-corrected chi connectivity index (χ0v) is 7.85. The number of carboxylic acid groups (broad SMARTS) is 1. The first kappa shape index (κ1) is 10.5. The highest BCUT2D eigenvalue weighted by Gasteiger charge is 2.34. The van der Waals surface area contributed by atoms with E-state index in [0.29, 0.717) is 5.92 Å². The van der Waals surface area contributed by atoms with Gasteiger partial charge in [0.15, 0.2) is 0 Å². The van der Waals surface area contributed by atoms with E-state index in [0.717, 1.165) is 12.8 Å². The van der Waals surface area contributed by atoms with E-state index in [1.54, 1.807) is 13.8 Å². The van der Waals surface area contributed by atoms with Gasteiger partial charge in [-0.05, 0) is 19.8 Å². The molecule has 0 aliphatic heterocycles. The predicted molar refractivity (Wildman–Crippen MR) is 45.5 cm³/mol. The first-order chi connectivity index (χ1) is 4.96. The highest BCUT2D eigenvalue weighted by atomic mass is 16.4. The van der Waals surface area contributed by atoms with Crippen LogP contribution in [0, 0.1) is 11.3 Å². The van der Waals surface area contributed by atoms with Crippen molar-refractivity contribution in [1.29, 1.82) is 0 Å². The molecule has 0 radical (unpaired) electrons. The van der Waals surface area contributed by atoms with Crippen molar-refractivity contribution in [3.63, 3.8) is 0 Å². The molecular formula is C9H18O2. The molecule has 66 valence electrons. The van der Waals surface area contributed by atoms with Gasteiger partial charge in [0.05, 0.1) is 5.41 Å². The first-order valence-corrected chi connectivity index (χ1v) is 4.20. The third-order valence-electron chi connectivity index (χ3n) is 2.56. The average molecular weight is 158 g/mol. The molecule has 0 aromatic heterocycles. The number of hydrogen-bond acceptors (Lipinski definition) is 1. The quantitative estimate of drug-likeness (QED) is 0.682. The lowest BCUT2D eigenvalue weighted by Crippen LogP contribution is -2.32. The molecule has 1 N–H and O–H groups in total. The summed E-state index contributed by atoms with van der Waals surface area (Å²) >= 11 is 0. The van der Waals surface area contributed by atoms with Gasteiger partial charge in [0.2, 0.25) is 0 Å². The Labute approximate surface area is 68.6 Å². The Kier molecular flexibility index (Phi) is 3.56. The minimum absolute atomic E-state index is 0.292. The summed E-state index contributed by atoms with van der Waals surface area (Å²) in [5.41, 5.74) is -0.566. The normalized spacial score (nSPS) is 12.1. The summed E-state index contributed by atoms with van der Waals surface area (Å²) in [4.78, 5) is 10.8. The molecule has 0 saturated carbocycles. The molecule has 0 spiro atoms. The topological polar surface area (TPSA) is 37.3 Å². The largest absolute Gasteiger partial charge is 0.481 e. The van der Waals surface area contributed by atoms with Gasteiger partial charge in [-0.3, -0.25) is 4.79 Å². The summed E-state index contributed by atoms with van der Waals surface area (Å²) in [6.07, 6.45) is 1.88. The fourth-order valence-electron chi connectivity index (χ4n) is 1.48. The number of hydrogen-bond donors (Lipinski definition) is 1. The standard InChI is InChI=1S/C9H18O2/c1-5-7(6-2)9(3,4)8(10)11/h7H,5-6H2,1-4H3,(H,10,11). The van der Waals surface area contributed by atoms with Crippen molar-refractivity contribution in [3.8, 4) is 0 Å². The third kappa shape index (κ3) is 2.21. The molecule has 2 nitrogen and oxygen atoms in total. The lowest BCUT2D eigenvalue weighted by Gasteiger charge is -2.28. The van der Waals surface area contributed by atoms with Crippen molar-refractivity contribution in [1.82, 2.24) is 0 Å². The Balaban J connectivity index is 4.36. The van der Waals surface area contributed by atoms with Gasteiger partial charge in [-0.25, -0.2) is 0 Å². The summed E-state index contributed by atoms with van der Waals surface area (Å²) in [5, 5.41) is 8.87. The maximum atomic E-state index is 10.8. The zero-order valence-electron chi connectivity index (χ0n) is 7.85. The number of carbonyl (C=O) groups is 1. The van der Waals surface area contributed by atoms with E-state index >= 15 is 0 Å². The molecule has 0 heterocycles. The smallest absolute Gasteiger partial charge is 0.309 e. The van der Waals surface area contributed by atoms with Crippen LogP contribution in [-0.4, -0.2) is 11.1 Å². The van der Waals surface area contributed by atoms with Crippen LogP contribution in [0.15, 0.2) is 0 Å². The molecule has 0 aliphatic carbocycles. The van der Waals surface area contributed by atoms with Gasteiger partial charge in [-0.1, -0.05) is 26.7 Å². The van der Waals surface area contributed by atoms with Crippen molar-refractivity contribution in [3.05, 3.63) is 0 Å². The minimum Gasteiger partial charge on any atom is -0.481 e. The minimum atomic E-state index is -0.689. The second kappa shape index (κ2) is 3.74. The molecule has 0 fully saturated rings. The summed E-state index contributed by atoms with van der Waals surface area (Å²) < 4.78 is 0. The van der Waals surface area contributed by atoms with Crippen LogP contribution >= 0.6 is 0 Å². The van der Waals surface area contributed by atoms with Gasteiger partial charge in [0.25, 0.3) is 0 Å². The summed E-state index contributed by atoms with van der Waals surface area (Å²) in [5.74, 6) is -0.397. The lowest BCUT2D eigenvalue weighted by molar-refractivity contribution is -0.150. The monoisotopic (exact) mass is 158 g/mol. The van der Waals surface area contributed by atoms with Crippen LogP contribution in [0.3, 0.4) is 0 Å². The van der Waals surface area contributed by atoms with E-state index in [2.05, 4.69) is 0 Å². The van der Waals surface area contributed by atoms with Crippen molar-refractivity contribution in [2.75, 3.05) is 0 Å². The Morgan fingerprint density at radius 1 is 1.36 bits per heavy atom. The molecular weight excluding hydrogens is 140 g/mol. The zero-order chi connectivity index (χ0) is 9.07. The number of rotatable bonds is 4. The van der Waals surface area contributed by atoms with Gasteiger partial charge in [0.1, 0.15) is 0 Å². The maximum Gasteiger partial charge on any atom is 0.309 e. The van der Waals surface area contributed by atoms with E-state index in [9.17, 15) is 4.79 Å². The van der Waals surface area contributed by atoms with Crippen molar-refractivity contribution in [2.45, 2.75) is 40.5 Å². The van der Waals surface area contributed by atoms with Gasteiger partial charge >= 0.3 is 5.97 Å². The summed E-state index contributed by atoms with van der Waals surface area (Å²) in [6, 6.07) is 0. The van der Waals surface area contributed by atoms with Crippen LogP contribution in [0.4, 0.5) is 0 Å². The average Bonchev–Trinajstić information content (AvgIpc) is 1.89. The van der Waals surface area contributed by atoms with E-state index in [-0.39, 0.29) is 0 Å². The highest BCUT2D eigenvalue weighted by molar-refractivity contribution is 5.73. The van der Waals surface area contributed by atoms with E-state index in [1.165, 1.54) is 0 Å². The van der Waals surface area contributed by atoms with Gasteiger partial charge in [-0.15, -0.1) is 0 Å². The molecule has 11 heavy (non-hydrogen) atoms. The van der Waals surface area contributed by atoms with Gasteiger partial charge in [0, 0.05) is 0 Å². The van der Waals surface area contributed by atoms with Crippen LogP contribution in [0.1, 0.15) is 40.5 Å². The van der Waals surface area contributed by atoms with Gasteiger partial charge < -0.3 is 5.11 Å². The molecule has 0 unspecified atom stereocenters. The molecule has 0 saturated heterocycles. The molecule has 0 bridgehead atoms. The number of aliphatic carboxylic acids is 1. The summed E-state index contributed by atoms with van der Waals surface area (Å²) in [6.45, 7) is 7.68. The van der Waals surface area contributed by atoms with Gasteiger partial charge in [-0.2, -0.15) is 0 Å². The SMILES string of the molecule is CCC(CC)C(C)(C)C(=O)O. The molecule has 0 aromatic rings. The van der Waals surface area contributed by atoms with Crippen molar-refractivity contribution in [2.24, 2.45) is 11.3 Å². The van der Waals surface area contributed by atoms with Crippen LogP contribution in [0.2, 0.25) is 0 Å². The van der Waals surface area contributed by atoms with E-state index in [4.69, 9.17) is 5.11 Å². The van der Waals surface area contributed by atoms with Crippen LogP contribution in [0.25, 0.3) is 0 Å². The Morgan fingerprint density at radius 2 is 1.73 bits per heavy atom. The molecule has 0 rings (SSSR count). The molecule has 0 atom stereocenters. The van der Waals surface area contributed by atoms with E-state index in [1.807, 2.05) is 13.8 Å². The molecule has 0 amide bonds. The number of carboxylic acids is 1. The maximum absolute atomic E-state index is 10.8. The highest BCUT2D eigenvalue weighted by Crippen LogP contribution is 2.31. The fraction of sp³-hybridized carbons (Fsp3) is 0.889. The van der Waals surface area contributed by atoms with Crippen molar-refractivity contribution >= 4 is 5.97 Å². The van der Waals surface area contributed by atoms with Crippen molar-refractivity contribution < 1.29 is 9.90 Å². The fourth-order valence-corrected chi connectivity index (χ4v) is 1.48. The van der Waals surface area contributed by atoms with E-state index < -0.39 is 11.4 Å².